The van der Waals surface area contributed by atoms with Gasteiger partial charge in [-0.3, -0.25) is 4.79 Å². The summed E-state index contributed by atoms with van der Waals surface area (Å²) in [4.78, 5) is 16.9. The van der Waals surface area contributed by atoms with Gasteiger partial charge in [-0.1, -0.05) is 25.1 Å². The third-order valence-corrected chi connectivity index (χ3v) is 4.70. The van der Waals surface area contributed by atoms with E-state index in [-0.39, 0.29) is 11.3 Å². The lowest BCUT2D eigenvalue weighted by Crippen LogP contribution is -2.34. The summed E-state index contributed by atoms with van der Waals surface area (Å²) in [7, 11) is 3.99. The van der Waals surface area contributed by atoms with Gasteiger partial charge in [0.25, 0.3) is 5.91 Å². The number of rotatable bonds is 4. The van der Waals surface area contributed by atoms with E-state index in [0.717, 1.165) is 29.5 Å². The van der Waals surface area contributed by atoms with Crippen LogP contribution in [0.15, 0.2) is 28.7 Å². The van der Waals surface area contributed by atoms with E-state index < -0.39 is 0 Å². The van der Waals surface area contributed by atoms with Gasteiger partial charge in [0.15, 0.2) is 5.76 Å². The molecular weight excluding hydrogens is 290 g/mol. The van der Waals surface area contributed by atoms with Crippen LogP contribution in [-0.4, -0.2) is 49.4 Å². The van der Waals surface area contributed by atoms with Crippen LogP contribution in [-0.2, 0) is 6.54 Å². The van der Waals surface area contributed by atoms with Crippen LogP contribution in [0.5, 0.6) is 0 Å². The van der Waals surface area contributed by atoms with Gasteiger partial charge in [0, 0.05) is 30.6 Å². The number of carbonyl (C=O) groups is 1. The predicted octanol–water partition coefficient (Wildman–Crippen LogP) is 2.31. The molecule has 0 spiro atoms. The highest BCUT2D eigenvalue weighted by Gasteiger charge is 2.37. The molecule has 3 rings (SSSR count). The second-order valence-electron chi connectivity index (χ2n) is 7.14. The molecule has 2 heterocycles. The summed E-state index contributed by atoms with van der Waals surface area (Å²) < 4.78 is 5.93. The molecule has 0 aliphatic carbocycles. The fourth-order valence-electron chi connectivity index (χ4n) is 3.25. The molecule has 2 aromatic rings. The summed E-state index contributed by atoms with van der Waals surface area (Å²) >= 11 is 0. The van der Waals surface area contributed by atoms with Crippen molar-refractivity contribution in [1.29, 1.82) is 0 Å². The van der Waals surface area contributed by atoms with Crippen molar-refractivity contribution < 1.29 is 9.21 Å². The minimum absolute atomic E-state index is 0.0172. The Morgan fingerprint density at radius 1 is 1.39 bits per heavy atom. The molecule has 0 saturated carbocycles. The first-order chi connectivity index (χ1) is 10.9. The first kappa shape index (κ1) is 16.0. The first-order valence-electron chi connectivity index (χ1n) is 8.08. The van der Waals surface area contributed by atoms with Gasteiger partial charge in [-0.2, -0.15) is 0 Å². The predicted molar refractivity (Wildman–Crippen MR) is 91.3 cm³/mol. The lowest BCUT2D eigenvalue weighted by molar-refractivity contribution is 0.0745. The third kappa shape index (κ3) is 2.99. The summed E-state index contributed by atoms with van der Waals surface area (Å²) in [6.07, 6.45) is 0.943. The van der Waals surface area contributed by atoms with Crippen molar-refractivity contribution in [3.63, 3.8) is 0 Å². The van der Waals surface area contributed by atoms with Crippen molar-refractivity contribution in [2.45, 2.75) is 19.9 Å². The highest BCUT2D eigenvalue weighted by atomic mass is 16.3. The summed E-state index contributed by atoms with van der Waals surface area (Å²) in [6.45, 7) is 4.85. The van der Waals surface area contributed by atoms with Crippen LogP contribution in [0.2, 0.25) is 0 Å². The molecule has 2 N–H and O–H groups in total. The fourth-order valence-corrected chi connectivity index (χ4v) is 3.25. The first-order valence-corrected chi connectivity index (χ1v) is 8.08. The molecule has 1 unspecified atom stereocenters. The topological polar surface area (TPSA) is 62.7 Å². The van der Waals surface area contributed by atoms with Gasteiger partial charge in [0.1, 0.15) is 5.58 Å². The average Bonchev–Trinajstić information content (AvgIpc) is 3.09. The number of hydrogen-bond acceptors (Lipinski definition) is 4. The number of nitrogens with two attached hydrogens (primary N) is 1. The number of carbonyl (C=O) groups excluding carboxylic acids is 1. The maximum atomic E-state index is 13.0. The Hall–Kier alpha value is -1.85. The van der Waals surface area contributed by atoms with Gasteiger partial charge in [-0.25, -0.2) is 0 Å². The Balaban J connectivity index is 1.97. The van der Waals surface area contributed by atoms with Crippen molar-refractivity contribution in [1.82, 2.24) is 9.80 Å². The molecule has 1 aromatic carbocycles. The highest BCUT2D eigenvalue weighted by molar-refractivity contribution is 5.99. The van der Waals surface area contributed by atoms with Gasteiger partial charge >= 0.3 is 0 Å². The van der Waals surface area contributed by atoms with Crippen LogP contribution in [0.25, 0.3) is 11.0 Å². The molecule has 1 atom stereocenters. The van der Waals surface area contributed by atoms with Gasteiger partial charge in [0.2, 0.25) is 0 Å². The van der Waals surface area contributed by atoms with E-state index in [9.17, 15) is 4.79 Å². The van der Waals surface area contributed by atoms with E-state index in [4.69, 9.17) is 10.2 Å². The maximum Gasteiger partial charge on any atom is 0.289 e. The molecule has 0 bridgehead atoms. The van der Waals surface area contributed by atoms with E-state index in [0.29, 0.717) is 25.4 Å². The number of nitrogens with zero attached hydrogens (tertiary/aromatic N) is 2. The molecule has 5 nitrogen and oxygen atoms in total. The minimum atomic E-state index is -0.0183. The minimum Gasteiger partial charge on any atom is -0.451 e. The van der Waals surface area contributed by atoms with E-state index in [1.807, 2.05) is 43.3 Å². The van der Waals surface area contributed by atoms with Crippen molar-refractivity contribution in [2.24, 2.45) is 11.1 Å². The second kappa shape index (κ2) is 5.98. The van der Waals surface area contributed by atoms with Gasteiger partial charge in [-0.05, 0) is 38.5 Å². The lowest BCUT2D eigenvalue weighted by Gasteiger charge is -2.22. The molecule has 1 amide bonds. The molecule has 1 aliphatic rings. The Labute approximate surface area is 137 Å². The smallest absolute Gasteiger partial charge is 0.289 e. The molecule has 1 aliphatic heterocycles. The average molecular weight is 315 g/mol. The van der Waals surface area contributed by atoms with E-state index >= 15 is 0 Å². The van der Waals surface area contributed by atoms with Crippen LogP contribution < -0.4 is 5.73 Å². The summed E-state index contributed by atoms with van der Waals surface area (Å²) in [5.41, 5.74) is 7.62. The zero-order chi connectivity index (χ0) is 16.6. The monoisotopic (exact) mass is 315 g/mol. The van der Waals surface area contributed by atoms with Crippen LogP contribution in [0.3, 0.4) is 0 Å². The molecular formula is C18H25N3O2. The van der Waals surface area contributed by atoms with E-state index in [1.54, 1.807) is 0 Å². The number of benzene rings is 1. The van der Waals surface area contributed by atoms with Crippen molar-refractivity contribution in [3.8, 4) is 0 Å². The van der Waals surface area contributed by atoms with Crippen molar-refractivity contribution >= 4 is 16.9 Å². The lowest BCUT2D eigenvalue weighted by atomic mass is 9.90. The molecule has 124 valence electrons. The third-order valence-electron chi connectivity index (χ3n) is 4.70. The molecule has 5 heteroatoms. The quantitative estimate of drug-likeness (QED) is 0.940. The van der Waals surface area contributed by atoms with Gasteiger partial charge in [-0.15, -0.1) is 0 Å². The van der Waals surface area contributed by atoms with E-state index in [1.165, 1.54) is 0 Å². The molecule has 1 fully saturated rings. The Bertz CT molecular complexity index is 722. The number of fused-ring (bicyclic) bond motifs is 1. The molecule has 23 heavy (non-hydrogen) atoms. The van der Waals surface area contributed by atoms with Crippen molar-refractivity contribution in [3.05, 3.63) is 35.6 Å². The standard InChI is InChI=1S/C18H25N3O2/c1-18(11-19)8-9-21(12-18)17(22)16-14(10-20(2)3)13-6-4-5-7-15(13)23-16/h4-7H,8-12,19H2,1-3H3. The van der Waals surface area contributed by atoms with Crippen LogP contribution in [0.4, 0.5) is 0 Å². The highest BCUT2D eigenvalue weighted by Crippen LogP contribution is 2.32. The van der Waals surface area contributed by atoms with E-state index in [2.05, 4.69) is 11.8 Å². The number of furan rings is 1. The van der Waals surface area contributed by atoms with Crippen LogP contribution in [0.1, 0.15) is 29.5 Å². The SMILES string of the molecule is CN(C)Cc1c(C(=O)N2CCC(C)(CN)C2)oc2ccccc12. The summed E-state index contributed by atoms with van der Waals surface area (Å²) in [5, 5.41) is 1.02. The van der Waals surface area contributed by atoms with Crippen LogP contribution in [0, 0.1) is 5.41 Å². The zero-order valence-corrected chi connectivity index (χ0v) is 14.1. The number of likely N-dealkylation sites (tertiary alicyclic amines) is 1. The fraction of sp³-hybridized carbons (Fsp3) is 0.500. The Morgan fingerprint density at radius 2 is 2.13 bits per heavy atom. The van der Waals surface area contributed by atoms with Crippen LogP contribution >= 0.6 is 0 Å². The molecule has 1 saturated heterocycles. The zero-order valence-electron chi connectivity index (χ0n) is 14.1. The van der Waals surface area contributed by atoms with Gasteiger partial charge < -0.3 is 20.0 Å². The largest absolute Gasteiger partial charge is 0.451 e. The summed E-state index contributed by atoms with van der Waals surface area (Å²) in [5.74, 6) is 0.455. The Morgan fingerprint density at radius 3 is 2.78 bits per heavy atom. The molecule has 1 aromatic heterocycles. The number of hydrogen-bond donors (Lipinski definition) is 1. The normalized spacial score (nSPS) is 21.5. The van der Waals surface area contributed by atoms with Gasteiger partial charge in [0.05, 0.1) is 0 Å². The second-order valence-corrected chi connectivity index (χ2v) is 7.14. The van der Waals surface area contributed by atoms with Crippen molar-refractivity contribution in [2.75, 3.05) is 33.7 Å². The summed E-state index contributed by atoms with van der Waals surface area (Å²) in [6, 6.07) is 7.84. The Kier molecular flexibility index (Phi) is 4.17. The number of amides is 1. The number of para-hydroxylation sites is 1. The molecule has 0 radical (unpaired) electrons. The maximum absolute atomic E-state index is 13.0.